The van der Waals surface area contributed by atoms with Gasteiger partial charge in [0.15, 0.2) is 0 Å². The van der Waals surface area contributed by atoms with E-state index >= 15 is 0 Å². The summed E-state index contributed by atoms with van der Waals surface area (Å²) in [6.45, 7) is 9.82. The number of hydrogen-bond acceptors (Lipinski definition) is 6. The molecule has 2 amide bonds. The fraction of sp³-hybridized carbons (Fsp3) is 0.333. The molecular formula is C27H32N6O3. The number of carbonyl (C=O) groups excluding carboxylic acids is 1. The Labute approximate surface area is 211 Å². The van der Waals surface area contributed by atoms with Gasteiger partial charge in [-0.1, -0.05) is 42.5 Å². The molecule has 0 aliphatic carbocycles. The minimum Gasteiger partial charge on any atom is -0.465 e. The molecule has 2 N–H and O–H groups in total. The first kappa shape index (κ1) is 25.1. The Kier molecular flexibility index (Phi) is 7.49. The van der Waals surface area contributed by atoms with Crippen LogP contribution in [0.2, 0.25) is 0 Å². The van der Waals surface area contributed by atoms with Crippen LogP contribution < -0.4 is 15.1 Å². The van der Waals surface area contributed by atoms with Crippen molar-refractivity contribution in [3.8, 4) is 0 Å². The van der Waals surface area contributed by atoms with Crippen molar-refractivity contribution in [3.63, 3.8) is 0 Å². The summed E-state index contributed by atoms with van der Waals surface area (Å²) in [6, 6.07) is 17.3. The summed E-state index contributed by atoms with van der Waals surface area (Å²) in [6.07, 6.45) is 1.98. The fourth-order valence-electron chi connectivity index (χ4n) is 4.29. The molecule has 1 saturated heterocycles. The van der Waals surface area contributed by atoms with Crippen molar-refractivity contribution in [1.82, 2.24) is 14.9 Å². The van der Waals surface area contributed by atoms with E-state index in [1.165, 1.54) is 16.7 Å². The smallest absolute Gasteiger partial charge is 0.412 e. The van der Waals surface area contributed by atoms with Crippen LogP contribution in [0.4, 0.5) is 22.0 Å². The number of nitrogens with zero attached hydrogens (tertiary/aromatic N) is 5. The second-order valence-electron chi connectivity index (χ2n) is 9.77. The Morgan fingerprint density at radius 1 is 0.944 bits per heavy atom. The number of nitrogens with one attached hydrogen (secondary N) is 1. The summed E-state index contributed by atoms with van der Waals surface area (Å²) in [5, 5.41) is 12.6. The van der Waals surface area contributed by atoms with Gasteiger partial charge in [0.1, 0.15) is 11.5 Å². The zero-order valence-corrected chi connectivity index (χ0v) is 20.9. The molecule has 0 unspecified atom stereocenters. The molecule has 0 bridgehead atoms. The number of aromatic nitrogens is 2. The summed E-state index contributed by atoms with van der Waals surface area (Å²) in [5.74, 6) is 0.282. The summed E-state index contributed by atoms with van der Waals surface area (Å²) in [7, 11) is 0. The quantitative estimate of drug-likeness (QED) is 0.532. The summed E-state index contributed by atoms with van der Waals surface area (Å²) < 4.78 is 0. The van der Waals surface area contributed by atoms with E-state index in [2.05, 4.69) is 49.4 Å². The number of benzene rings is 2. The number of piperazine rings is 1. The van der Waals surface area contributed by atoms with Gasteiger partial charge in [0, 0.05) is 38.3 Å². The van der Waals surface area contributed by atoms with Crippen molar-refractivity contribution < 1.29 is 14.7 Å². The van der Waals surface area contributed by atoms with Crippen molar-refractivity contribution in [2.75, 3.05) is 41.3 Å². The van der Waals surface area contributed by atoms with Gasteiger partial charge in [0.25, 0.3) is 5.91 Å². The lowest BCUT2D eigenvalue weighted by Crippen LogP contribution is -2.46. The highest BCUT2D eigenvalue weighted by atomic mass is 16.4. The van der Waals surface area contributed by atoms with Gasteiger partial charge in [-0.15, -0.1) is 0 Å². The van der Waals surface area contributed by atoms with Crippen LogP contribution in [-0.4, -0.2) is 63.7 Å². The maximum Gasteiger partial charge on any atom is 0.412 e. The molecule has 3 aromatic rings. The van der Waals surface area contributed by atoms with Crippen molar-refractivity contribution >= 4 is 29.2 Å². The van der Waals surface area contributed by atoms with Crippen molar-refractivity contribution in [1.29, 1.82) is 0 Å². The van der Waals surface area contributed by atoms with Gasteiger partial charge in [0.05, 0.1) is 23.8 Å². The SMILES string of the molecule is CC(C)(C)N(C(=O)O)c1ccccc1NC(=O)c1cnc(N2CCN(Cc3ccccc3)CC2)cn1. The van der Waals surface area contributed by atoms with E-state index in [1.54, 1.807) is 51.2 Å². The Balaban J connectivity index is 1.39. The van der Waals surface area contributed by atoms with Gasteiger partial charge >= 0.3 is 6.09 Å². The first-order chi connectivity index (χ1) is 17.2. The van der Waals surface area contributed by atoms with Gasteiger partial charge in [0.2, 0.25) is 0 Å². The Bertz CT molecular complexity index is 1190. The van der Waals surface area contributed by atoms with Crippen LogP contribution in [0, 0.1) is 0 Å². The van der Waals surface area contributed by atoms with Crippen molar-refractivity contribution in [2.45, 2.75) is 32.9 Å². The van der Waals surface area contributed by atoms with Gasteiger partial charge in [-0.25, -0.2) is 14.8 Å². The third-order valence-electron chi connectivity index (χ3n) is 6.07. The molecule has 2 aromatic carbocycles. The topological polar surface area (TPSA) is 102 Å². The first-order valence-corrected chi connectivity index (χ1v) is 12.0. The average molecular weight is 489 g/mol. The lowest BCUT2D eigenvalue weighted by molar-refractivity contribution is 0.102. The van der Waals surface area contributed by atoms with E-state index in [4.69, 9.17) is 0 Å². The van der Waals surface area contributed by atoms with Crippen LogP contribution in [0.25, 0.3) is 0 Å². The van der Waals surface area contributed by atoms with E-state index in [9.17, 15) is 14.7 Å². The standard InChI is InChI=1S/C27H32N6O3/c1-27(2,3)33(26(35)36)23-12-8-7-11-21(23)30-25(34)22-17-29-24(18-28-22)32-15-13-31(14-16-32)19-20-9-5-4-6-10-20/h4-12,17-18H,13-16,19H2,1-3H3,(H,30,34)(H,35,36). The van der Waals surface area contributed by atoms with Crippen LogP contribution in [0.15, 0.2) is 67.0 Å². The van der Waals surface area contributed by atoms with Crippen LogP contribution in [0.1, 0.15) is 36.8 Å². The van der Waals surface area contributed by atoms with Crippen molar-refractivity contribution in [3.05, 3.63) is 78.2 Å². The van der Waals surface area contributed by atoms with Gasteiger partial charge in [-0.05, 0) is 38.5 Å². The fourth-order valence-corrected chi connectivity index (χ4v) is 4.29. The molecule has 0 radical (unpaired) electrons. The second kappa shape index (κ2) is 10.7. The maximum atomic E-state index is 12.9. The molecule has 1 aliphatic rings. The zero-order chi connectivity index (χ0) is 25.7. The monoisotopic (exact) mass is 488 g/mol. The molecule has 0 atom stereocenters. The summed E-state index contributed by atoms with van der Waals surface area (Å²) in [4.78, 5) is 39.5. The highest BCUT2D eigenvalue weighted by Gasteiger charge is 2.30. The number of amides is 2. The second-order valence-corrected chi connectivity index (χ2v) is 9.77. The molecule has 1 fully saturated rings. The molecule has 0 saturated carbocycles. The predicted molar refractivity (Wildman–Crippen MR) is 141 cm³/mol. The third-order valence-corrected chi connectivity index (χ3v) is 6.07. The van der Waals surface area contributed by atoms with Crippen LogP contribution in [-0.2, 0) is 6.54 Å². The number of carboxylic acid groups (broad SMARTS) is 1. The zero-order valence-electron chi connectivity index (χ0n) is 20.9. The maximum absolute atomic E-state index is 12.9. The molecule has 1 aliphatic heterocycles. The normalized spacial score (nSPS) is 14.4. The number of carbonyl (C=O) groups is 2. The lowest BCUT2D eigenvalue weighted by Gasteiger charge is -2.35. The first-order valence-electron chi connectivity index (χ1n) is 12.0. The summed E-state index contributed by atoms with van der Waals surface area (Å²) >= 11 is 0. The van der Waals surface area contributed by atoms with Gasteiger partial charge in [-0.2, -0.15) is 0 Å². The van der Waals surface area contributed by atoms with Crippen LogP contribution >= 0.6 is 0 Å². The molecule has 1 aromatic heterocycles. The van der Waals surface area contributed by atoms with E-state index in [0.29, 0.717) is 11.4 Å². The molecular weight excluding hydrogens is 456 g/mol. The Morgan fingerprint density at radius 2 is 1.61 bits per heavy atom. The Morgan fingerprint density at radius 3 is 2.22 bits per heavy atom. The van der Waals surface area contributed by atoms with E-state index in [1.807, 2.05) is 6.07 Å². The minimum absolute atomic E-state index is 0.161. The molecule has 9 heteroatoms. The minimum atomic E-state index is -1.10. The number of rotatable bonds is 6. The molecule has 188 valence electrons. The largest absolute Gasteiger partial charge is 0.465 e. The molecule has 0 spiro atoms. The predicted octanol–water partition coefficient (Wildman–Crippen LogP) is 4.33. The lowest BCUT2D eigenvalue weighted by atomic mass is 10.0. The number of anilines is 3. The molecule has 9 nitrogen and oxygen atoms in total. The van der Waals surface area contributed by atoms with E-state index in [-0.39, 0.29) is 5.69 Å². The molecule has 2 heterocycles. The number of para-hydroxylation sites is 2. The van der Waals surface area contributed by atoms with Gasteiger partial charge < -0.3 is 15.3 Å². The van der Waals surface area contributed by atoms with E-state index in [0.717, 1.165) is 38.5 Å². The Hall–Kier alpha value is -3.98. The molecule has 4 rings (SSSR count). The van der Waals surface area contributed by atoms with Crippen LogP contribution in [0.5, 0.6) is 0 Å². The van der Waals surface area contributed by atoms with Crippen molar-refractivity contribution in [2.24, 2.45) is 0 Å². The molecule has 36 heavy (non-hydrogen) atoms. The van der Waals surface area contributed by atoms with E-state index < -0.39 is 17.5 Å². The highest BCUT2D eigenvalue weighted by Crippen LogP contribution is 2.31. The average Bonchev–Trinajstić information content (AvgIpc) is 2.85. The summed E-state index contributed by atoms with van der Waals surface area (Å²) in [5.41, 5.74) is 1.55. The third kappa shape index (κ3) is 5.98. The van der Waals surface area contributed by atoms with Gasteiger partial charge in [-0.3, -0.25) is 14.6 Å². The number of hydrogen-bond donors (Lipinski definition) is 2. The van der Waals surface area contributed by atoms with Crippen LogP contribution in [0.3, 0.4) is 0 Å². The highest BCUT2D eigenvalue weighted by molar-refractivity contribution is 6.06.